The van der Waals surface area contributed by atoms with E-state index in [1.165, 1.54) is 11.1 Å². The molecular formula is C24H26BrN2O2+. The summed E-state index contributed by atoms with van der Waals surface area (Å²) >= 11 is 3.47. The van der Waals surface area contributed by atoms with Gasteiger partial charge in [-0.15, -0.1) is 0 Å². The summed E-state index contributed by atoms with van der Waals surface area (Å²) < 4.78 is 13.7. The van der Waals surface area contributed by atoms with E-state index < -0.39 is 0 Å². The van der Waals surface area contributed by atoms with Crippen LogP contribution >= 0.6 is 15.9 Å². The molecular weight excluding hydrogens is 428 g/mol. The molecule has 5 heteroatoms. The normalized spacial score (nSPS) is 18.2. The van der Waals surface area contributed by atoms with E-state index in [2.05, 4.69) is 64.4 Å². The Bertz CT molecular complexity index is 976. The highest BCUT2D eigenvalue weighted by atomic mass is 79.9. The zero-order valence-corrected chi connectivity index (χ0v) is 18.5. The molecule has 2 heterocycles. The van der Waals surface area contributed by atoms with Crippen LogP contribution in [0.5, 0.6) is 11.5 Å². The second-order valence-corrected chi connectivity index (χ2v) is 8.84. The number of halogens is 1. The van der Waals surface area contributed by atoms with Crippen LogP contribution in [0.25, 0.3) is 0 Å². The zero-order valence-electron chi connectivity index (χ0n) is 16.9. The lowest BCUT2D eigenvalue weighted by Gasteiger charge is -2.38. The first-order valence-electron chi connectivity index (χ1n) is 9.85. The third-order valence-corrected chi connectivity index (χ3v) is 6.00. The molecule has 0 saturated heterocycles. The van der Waals surface area contributed by atoms with Crippen molar-refractivity contribution in [1.82, 2.24) is 4.98 Å². The van der Waals surface area contributed by atoms with Crippen LogP contribution in [0.1, 0.15) is 22.4 Å². The summed E-state index contributed by atoms with van der Waals surface area (Å²) in [6.07, 6.45) is 2.90. The van der Waals surface area contributed by atoms with Crippen molar-refractivity contribution in [3.8, 4) is 11.5 Å². The smallest absolute Gasteiger partial charge is 0.162 e. The van der Waals surface area contributed by atoms with Crippen LogP contribution in [-0.4, -0.2) is 30.2 Å². The summed E-state index contributed by atoms with van der Waals surface area (Å²) in [5.41, 5.74) is 4.95. The van der Waals surface area contributed by atoms with Gasteiger partial charge in [0.15, 0.2) is 11.5 Å². The molecule has 29 heavy (non-hydrogen) atoms. The van der Waals surface area contributed by atoms with Crippen molar-refractivity contribution in [2.75, 3.05) is 20.7 Å². The van der Waals surface area contributed by atoms with Crippen LogP contribution in [0.2, 0.25) is 0 Å². The lowest BCUT2D eigenvalue weighted by Crippen LogP contribution is -2.47. The first-order chi connectivity index (χ1) is 14.0. The number of pyridine rings is 1. The van der Waals surface area contributed by atoms with E-state index in [1.54, 1.807) is 7.11 Å². The number of aromatic nitrogens is 1. The van der Waals surface area contributed by atoms with Gasteiger partial charge in [-0.1, -0.05) is 30.3 Å². The van der Waals surface area contributed by atoms with Crippen molar-refractivity contribution < 1.29 is 14.0 Å². The van der Waals surface area contributed by atoms with E-state index >= 15 is 0 Å². The fourth-order valence-electron chi connectivity index (χ4n) is 3.94. The number of rotatable bonds is 6. The molecule has 0 aliphatic carbocycles. The summed E-state index contributed by atoms with van der Waals surface area (Å²) in [5, 5.41) is 0. The van der Waals surface area contributed by atoms with Gasteiger partial charge in [-0.25, -0.2) is 0 Å². The first kappa shape index (κ1) is 19.9. The summed E-state index contributed by atoms with van der Waals surface area (Å²) in [4.78, 5) is 4.57. The van der Waals surface area contributed by atoms with Crippen molar-refractivity contribution in [3.05, 3.63) is 87.7 Å². The lowest BCUT2D eigenvalue weighted by molar-refractivity contribution is -0.937. The van der Waals surface area contributed by atoms with E-state index in [1.807, 2.05) is 24.4 Å². The molecule has 0 bridgehead atoms. The predicted molar refractivity (Wildman–Crippen MR) is 118 cm³/mol. The quantitative estimate of drug-likeness (QED) is 0.484. The van der Waals surface area contributed by atoms with Crippen LogP contribution in [0.4, 0.5) is 0 Å². The standard InChI is InChI=1S/C24H26BrN2O2/c1-27(16-22-9-8-21(25)14-26-22)11-10-19-12-23(28-2)24(13-20(19)15-27)29-17-18-6-4-3-5-7-18/h3-9,12-14H,10-11,15-17H2,1-2H3/q+1. The van der Waals surface area contributed by atoms with Gasteiger partial charge in [0.05, 0.1) is 26.4 Å². The Labute approximate surface area is 180 Å². The highest BCUT2D eigenvalue weighted by Gasteiger charge is 2.30. The maximum absolute atomic E-state index is 6.13. The van der Waals surface area contributed by atoms with Crippen LogP contribution in [-0.2, 0) is 26.1 Å². The Morgan fingerprint density at radius 3 is 2.55 bits per heavy atom. The SMILES string of the molecule is COc1cc2c(cc1OCc1ccccc1)C[N+](C)(Cc1ccc(Br)cn1)CC2. The molecule has 1 aliphatic heterocycles. The molecule has 0 saturated carbocycles. The molecule has 2 aromatic carbocycles. The maximum atomic E-state index is 6.13. The molecule has 1 unspecified atom stereocenters. The van der Waals surface area contributed by atoms with E-state index in [4.69, 9.17) is 9.47 Å². The van der Waals surface area contributed by atoms with E-state index in [0.29, 0.717) is 6.61 Å². The minimum Gasteiger partial charge on any atom is -0.493 e. The number of hydrogen-bond acceptors (Lipinski definition) is 3. The van der Waals surface area contributed by atoms with Crippen LogP contribution < -0.4 is 9.47 Å². The molecule has 0 N–H and O–H groups in total. The molecule has 150 valence electrons. The van der Waals surface area contributed by atoms with Crippen LogP contribution in [0.15, 0.2) is 65.3 Å². The van der Waals surface area contributed by atoms with Gasteiger partial charge in [0, 0.05) is 22.7 Å². The van der Waals surface area contributed by atoms with Crippen molar-refractivity contribution in [1.29, 1.82) is 0 Å². The number of ether oxygens (including phenoxy) is 2. The van der Waals surface area contributed by atoms with Crippen molar-refractivity contribution in [2.45, 2.75) is 26.1 Å². The number of likely N-dealkylation sites (N-methyl/N-ethyl adjacent to an activating group) is 1. The summed E-state index contributed by atoms with van der Waals surface area (Å²) in [6, 6.07) is 18.7. The molecule has 1 atom stereocenters. The molecule has 0 amide bonds. The monoisotopic (exact) mass is 453 g/mol. The third-order valence-electron chi connectivity index (χ3n) is 5.53. The number of quaternary nitrogens is 1. The van der Waals surface area contributed by atoms with Crippen molar-refractivity contribution in [3.63, 3.8) is 0 Å². The second-order valence-electron chi connectivity index (χ2n) is 7.92. The third kappa shape index (κ3) is 4.80. The summed E-state index contributed by atoms with van der Waals surface area (Å²) in [7, 11) is 4.01. The minimum atomic E-state index is 0.533. The van der Waals surface area contributed by atoms with E-state index in [-0.39, 0.29) is 0 Å². The summed E-state index contributed by atoms with van der Waals surface area (Å²) in [6.45, 7) is 3.49. The molecule has 4 rings (SSSR count). The fourth-order valence-corrected chi connectivity index (χ4v) is 4.17. The molecule has 0 spiro atoms. The Morgan fingerprint density at radius 1 is 1.03 bits per heavy atom. The van der Waals surface area contributed by atoms with E-state index in [9.17, 15) is 0 Å². The van der Waals surface area contributed by atoms with Crippen molar-refractivity contribution >= 4 is 15.9 Å². The van der Waals surface area contributed by atoms with Gasteiger partial charge in [-0.3, -0.25) is 4.98 Å². The minimum absolute atomic E-state index is 0.533. The Balaban J connectivity index is 1.54. The van der Waals surface area contributed by atoms with Gasteiger partial charge < -0.3 is 14.0 Å². The summed E-state index contributed by atoms with van der Waals surface area (Å²) in [5.74, 6) is 1.62. The first-order valence-corrected chi connectivity index (χ1v) is 10.6. The Morgan fingerprint density at radius 2 is 1.83 bits per heavy atom. The fraction of sp³-hybridized carbons (Fsp3) is 0.292. The van der Waals surface area contributed by atoms with Gasteiger partial charge in [-0.05, 0) is 51.3 Å². The highest BCUT2D eigenvalue weighted by molar-refractivity contribution is 9.10. The molecule has 1 aromatic heterocycles. The van der Waals surface area contributed by atoms with E-state index in [0.717, 1.165) is 57.8 Å². The predicted octanol–water partition coefficient (Wildman–Crippen LogP) is 5.13. The topological polar surface area (TPSA) is 31.4 Å². The van der Waals surface area contributed by atoms with Gasteiger partial charge in [0.1, 0.15) is 19.7 Å². The number of fused-ring (bicyclic) bond motifs is 1. The molecule has 3 aromatic rings. The van der Waals surface area contributed by atoms with Gasteiger partial charge in [-0.2, -0.15) is 0 Å². The number of hydrogen-bond donors (Lipinski definition) is 0. The van der Waals surface area contributed by atoms with Crippen molar-refractivity contribution in [2.24, 2.45) is 0 Å². The van der Waals surface area contributed by atoms with Gasteiger partial charge >= 0.3 is 0 Å². The molecule has 0 radical (unpaired) electrons. The average Bonchev–Trinajstić information content (AvgIpc) is 2.74. The lowest BCUT2D eigenvalue weighted by atomic mass is 9.97. The average molecular weight is 454 g/mol. The molecule has 1 aliphatic rings. The number of nitrogens with zero attached hydrogens (tertiary/aromatic N) is 2. The highest BCUT2D eigenvalue weighted by Crippen LogP contribution is 2.36. The second kappa shape index (κ2) is 8.56. The largest absolute Gasteiger partial charge is 0.493 e. The molecule has 0 fully saturated rings. The Kier molecular flexibility index (Phi) is 5.88. The van der Waals surface area contributed by atoms with Gasteiger partial charge in [0.25, 0.3) is 0 Å². The van der Waals surface area contributed by atoms with Crippen LogP contribution in [0, 0.1) is 0 Å². The maximum Gasteiger partial charge on any atom is 0.162 e. The number of benzene rings is 2. The zero-order chi connectivity index (χ0) is 20.3. The Hall–Kier alpha value is -2.37. The van der Waals surface area contributed by atoms with Gasteiger partial charge in [0.2, 0.25) is 0 Å². The molecule has 4 nitrogen and oxygen atoms in total. The van der Waals surface area contributed by atoms with Crippen LogP contribution in [0.3, 0.4) is 0 Å². The number of methoxy groups -OCH3 is 1.